The topological polar surface area (TPSA) is 58.7 Å². The van der Waals surface area contributed by atoms with Crippen LogP contribution in [0.15, 0.2) is 32.3 Å². The van der Waals surface area contributed by atoms with Gasteiger partial charge in [0.25, 0.3) is 0 Å². The summed E-state index contributed by atoms with van der Waals surface area (Å²) in [6.45, 7) is 0. The van der Waals surface area contributed by atoms with Crippen molar-refractivity contribution in [2.75, 3.05) is 0 Å². The molecule has 12 heavy (non-hydrogen) atoms. The van der Waals surface area contributed by atoms with Gasteiger partial charge in [-0.05, 0) is 44.0 Å². The molecule has 0 aliphatic carbocycles. The Morgan fingerprint density at radius 3 is 2.25 bits per heavy atom. The Morgan fingerprint density at radius 1 is 1.33 bits per heavy atom. The highest BCUT2D eigenvalue weighted by molar-refractivity contribution is 9.11. The summed E-state index contributed by atoms with van der Waals surface area (Å²) in [5.41, 5.74) is 0.356. The molecule has 64 valence electrons. The Labute approximate surface area is 85.3 Å². The van der Waals surface area contributed by atoms with E-state index < -0.39 is 5.02 Å². The minimum Gasteiger partial charge on any atom is -0.394 e. The number of benzene rings is 1. The summed E-state index contributed by atoms with van der Waals surface area (Å²) >= 11 is 6.35. The van der Waals surface area contributed by atoms with E-state index >= 15 is 0 Å². The second-order valence-electron chi connectivity index (χ2n) is 1.92. The first kappa shape index (κ1) is 9.47. The van der Waals surface area contributed by atoms with Gasteiger partial charge in [0.15, 0.2) is 10.7 Å². The molecule has 0 aromatic heterocycles. The van der Waals surface area contributed by atoms with Gasteiger partial charge < -0.3 is 5.21 Å². The normalized spacial score (nSPS) is 11.7. The van der Waals surface area contributed by atoms with E-state index in [1.165, 1.54) is 0 Å². The number of halogens is 2. The molecular weight excluding hydrogens is 292 g/mol. The molecule has 0 fully saturated rings. The van der Waals surface area contributed by atoms with Crippen molar-refractivity contribution in [3.63, 3.8) is 0 Å². The molecule has 1 aromatic rings. The molecule has 0 amide bonds. The molecule has 0 saturated heterocycles. The number of hydrogen-bond acceptors (Lipinski definition) is 2. The monoisotopic (exact) mass is 294 g/mol. The molecule has 1 aromatic carbocycles. The highest BCUT2D eigenvalue weighted by Gasteiger charge is 2.06. The van der Waals surface area contributed by atoms with E-state index in [4.69, 9.17) is 5.21 Å². The molecule has 0 aliphatic rings. The van der Waals surface area contributed by atoms with Gasteiger partial charge in [0, 0.05) is 0 Å². The minimum atomic E-state index is -0.481. The molecule has 0 radical (unpaired) electrons. The van der Waals surface area contributed by atoms with Crippen molar-refractivity contribution in [3.05, 3.63) is 32.4 Å². The summed E-state index contributed by atoms with van der Waals surface area (Å²) in [6.07, 6.45) is 0. The first-order chi connectivity index (χ1) is 5.61. The fraction of sp³-hybridized carbons (Fsp3) is 0. The van der Waals surface area contributed by atoms with Gasteiger partial charge in [-0.3, -0.25) is 0 Å². The van der Waals surface area contributed by atoms with Gasteiger partial charge in [-0.2, -0.15) is 0 Å². The van der Waals surface area contributed by atoms with Crippen LogP contribution in [-0.2, 0) is 0 Å². The third-order valence-electron chi connectivity index (χ3n) is 1.12. The fourth-order valence-corrected chi connectivity index (χ4v) is 1.83. The largest absolute Gasteiger partial charge is 0.394 e. The molecule has 6 heteroatoms. The molecule has 0 atom stereocenters. The van der Waals surface area contributed by atoms with E-state index in [-0.39, 0.29) is 0 Å². The van der Waals surface area contributed by atoms with Crippen LogP contribution in [0, 0.1) is 5.21 Å². The lowest BCUT2D eigenvalue weighted by molar-refractivity contribution is -0.774. The highest BCUT2D eigenvalue weighted by Crippen LogP contribution is 2.32. The predicted octanol–water partition coefficient (Wildman–Crippen LogP) is 3.19. The van der Waals surface area contributed by atoms with E-state index in [2.05, 4.69) is 37.0 Å². The molecule has 1 rings (SSSR count). The molecule has 0 aliphatic heterocycles. The Bertz CT molecular complexity index is 303. The van der Waals surface area contributed by atoms with Gasteiger partial charge in [-0.1, -0.05) is 6.07 Å². The van der Waals surface area contributed by atoms with Crippen LogP contribution in [0.3, 0.4) is 0 Å². The zero-order chi connectivity index (χ0) is 9.14. The van der Waals surface area contributed by atoms with Crippen molar-refractivity contribution in [3.8, 4) is 0 Å². The lowest BCUT2D eigenvalue weighted by atomic mass is 10.3. The maximum Gasteiger partial charge on any atom is 0.171 e. The maximum absolute atomic E-state index is 10.2. The van der Waals surface area contributed by atoms with E-state index in [1.807, 2.05) is 0 Å². The third kappa shape index (κ3) is 2.18. The van der Waals surface area contributed by atoms with E-state index in [9.17, 15) is 5.21 Å². The summed E-state index contributed by atoms with van der Waals surface area (Å²) in [5, 5.41) is 21.3. The Hall–Kier alpha value is -0.620. The number of hydrogen-bond donors (Lipinski definition) is 1. The summed E-state index contributed by atoms with van der Waals surface area (Å²) < 4.78 is 1.26. The van der Waals surface area contributed by atoms with Gasteiger partial charge in [-0.15, -0.1) is 0 Å². The van der Waals surface area contributed by atoms with Crippen LogP contribution in [-0.4, -0.2) is 10.2 Å². The zero-order valence-electron chi connectivity index (χ0n) is 5.74. The third-order valence-corrected chi connectivity index (χ3v) is 2.40. The SMILES string of the molecule is [O-]/[N+](O)=N/c1c(Br)cccc1Br. The molecule has 0 saturated carbocycles. The van der Waals surface area contributed by atoms with Crippen molar-refractivity contribution in [1.29, 1.82) is 0 Å². The molecule has 0 heterocycles. The lowest BCUT2D eigenvalue weighted by Crippen LogP contribution is -1.88. The summed E-state index contributed by atoms with van der Waals surface area (Å²) in [7, 11) is 0. The first-order valence-corrected chi connectivity index (χ1v) is 4.51. The quantitative estimate of drug-likeness (QED) is 0.639. The minimum absolute atomic E-state index is 0.356. The first-order valence-electron chi connectivity index (χ1n) is 2.93. The highest BCUT2D eigenvalue weighted by atomic mass is 79.9. The Balaban J connectivity index is 3.22. The van der Waals surface area contributed by atoms with Crippen LogP contribution in [0.5, 0.6) is 0 Å². The van der Waals surface area contributed by atoms with Crippen molar-refractivity contribution < 1.29 is 10.2 Å². The summed E-state index contributed by atoms with van der Waals surface area (Å²) in [4.78, 5) is 0. The maximum atomic E-state index is 10.2. The van der Waals surface area contributed by atoms with Gasteiger partial charge in [-0.25, -0.2) is 5.21 Å². The van der Waals surface area contributed by atoms with E-state index in [0.29, 0.717) is 14.6 Å². The summed E-state index contributed by atoms with van der Waals surface area (Å²) in [6, 6.07) is 5.21. The van der Waals surface area contributed by atoms with Crippen molar-refractivity contribution >= 4 is 37.5 Å². The van der Waals surface area contributed by atoms with Crippen LogP contribution in [0.4, 0.5) is 5.69 Å². The van der Waals surface area contributed by atoms with Crippen LogP contribution in [0.1, 0.15) is 0 Å². The average Bonchev–Trinajstić information content (AvgIpc) is 1.97. The fourth-order valence-electron chi connectivity index (χ4n) is 0.670. The predicted molar refractivity (Wildman–Crippen MR) is 49.3 cm³/mol. The number of rotatable bonds is 1. The molecular formula is C6H4Br2N2O2. The van der Waals surface area contributed by atoms with Gasteiger partial charge in [0.2, 0.25) is 0 Å². The Kier molecular flexibility index (Phi) is 3.05. The zero-order valence-corrected chi connectivity index (χ0v) is 8.91. The van der Waals surface area contributed by atoms with Crippen LogP contribution >= 0.6 is 31.9 Å². The van der Waals surface area contributed by atoms with Gasteiger partial charge in [0.05, 0.1) is 14.1 Å². The standard InChI is InChI=1S/C6H4Br2N2O2/c7-4-2-1-3-5(8)6(4)9-10(11)12/h1-3H,(H,9,11,12). The van der Waals surface area contributed by atoms with Crippen LogP contribution in [0.2, 0.25) is 0 Å². The van der Waals surface area contributed by atoms with Crippen molar-refractivity contribution in [1.82, 2.24) is 0 Å². The summed E-state index contributed by atoms with van der Waals surface area (Å²) in [5.74, 6) is 0. The van der Waals surface area contributed by atoms with Crippen LogP contribution < -0.4 is 0 Å². The van der Waals surface area contributed by atoms with Gasteiger partial charge >= 0.3 is 0 Å². The molecule has 0 unspecified atom stereocenters. The second-order valence-corrected chi connectivity index (χ2v) is 3.63. The van der Waals surface area contributed by atoms with E-state index in [0.717, 1.165) is 0 Å². The molecule has 4 nitrogen and oxygen atoms in total. The second kappa shape index (κ2) is 3.86. The number of nitrogens with zero attached hydrogens (tertiary/aromatic N) is 2. The molecule has 1 N–H and O–H groups in total. The van der Waals surface area contributed by atoms with Gasteiger partial charge in [0.1, 0.15) is 0 Å². The smallest absolute Gasteiger partial charge is 0.171 e. The van der Waals surface area contributed by atoms with Crippen LogP contribution in [0.25, 0.3) is 0 Å². The lowest BCUT2D eigenvalue weighted by Gasteiger charge is -1.95. The van der Waals surface area contributed by atoms with Crippen molar-refractivity contribution in [2.24, 2.45) is 5.11 Å². The Morgan fingerprint density at radius 2 is 1.83 bits per heavy atom. The van der Waals surface area contributed by atoms with E-state index in [1.54, 1.807) is 18.2 Å². The molecule has 0 bridgehead atoms. The van der Waals surface area contributed by atoms with Crippen molar-refractivity contribution in [2.45, 2.75) is 0 Å². The average molecular weight is 296 g/mol. The molecule has 0 spiro atoms.